The largest absolute Gasteiger partial charge is 0.332 e. The molecule has 3 amide bonds. The molecular weight excluding hydrogens is 349 g/mol. The van der Waals surface area contributed by atoms with E-state index in [1.807, 2.05) is 0 Å². The van der Waals surface area contributed by atoms with Gasteiger partial charge in [-0.1, -0.05) is 12.5 Å². The summed E-state index contributed by atoms with van der Waals surface area (Å²) in [7, 11) is -3.24. The van der Waals surface area contributed by atoms with Crippen LogP contribution in [-0.2, 0) is 14.6 Å². The third-order valence-corrected chi connectivity index (χ3v) is 6.85. The van der Waals surface area contributed by atoms with Gasteiger partial charge in [0.15, 0.2) is 9.84 Å². The molecule has 2 fully saturated rings. The third kappa shape index (κ3) is 4.09. The van der Waals surface area contributed by atoms with Crippen molar-refractivity contribution in [2.45, 2.75) is 43.0 Å². The predicted octanol–water partition coefficient (Wildman–Crippen LogP) is 1.17. The van der Waals surface area contributed by atoms with Gasteiger partial charge in [0.05, 0.1) is 23.1 Å². The molecule has 1 aromatic rings. The van der Waals surface area contributed by atoms with Gasteiger partial charge in [-0.05, 0) is 31.0 Å². The van der Waals surface area contributed by atoms with Gasteiger partial charge in [-0.25, -0.2) is 17.6 Å². The highest BCUT2D eigenvalue weighted by Gasteiger charge is 2.51. The first-order valence-electron chi connectivity index (χ1n) is 8.19. The molecule has 0 radical (unpaired) electrons. The van der Waals surface area contributed by atoms with Crippen LogP contribution in [-0.4, -0.2) is 43.4 Å². The lowest BCUT2D eigenvalue weighted by Crippen LogP contribution is -2.39. The standard InChI is InChI=1S/C16H20FN3O4S/c17-10-4-3-5-11(8-10)18-14(21)7-2-1-6-13-15-12(9-25(13,23)24)19-16(22)20-15/h3-5,8,12-13,15H,1-2,6-7,9H2,(H,18,21)(H2,19,20,22)/t12-,13-,15-/m1/s1. The first kappa shape index (κ1) is 17.7. The fourth-order valence-corrected chi connectivity index (χ4v) is 5.70. The van der Waals surface area contributed by atoms with Crippen molar-refractivity contribution in [2.24, 2.45) is 0 Å². The Hall–Kier alpha value is -2.16. The lowest BCUT2D eigenvalue weighted by Gasteiger charge is -2.16. The minimum atomic E-state index is -3.24. The molecule has 0 saturated carbocycles. The Morgan fingerprint density at radius 1 is 1.28 bits per heavy atom. The summed E-state index contributed by atoms with van der Waals surface area (Å²) in [4.78, 5) is 23.2. The SMILES string of the molecule is O=C(CCCC[C@@H]1[C@@H]2NC(=O)N[C@@H]2CS1(=O)=O)Nc1cccc(F)c1. The number of hydrogen-bond acceptors (Lipinski definition) is 4. The van der Waals surface area contributed by atoms with Gasteiger partial charge in [0.25, 0.3) is 0 Å². The Morgan fingerprint density at radius 2 is 2.08 bits per heavy atom. The molecule has 0 bridgehead atoms. The summed E-state index contributed by atoms with van der Waals surface area (Å²) in [6.45, 7) is 0. The molecule has 7 nitrogen and oxygen atoms in total. The van der Waals surface area contributed by atoms with E-state index in [2.05, 4.69) is 16.0 Å². The van der Waals surface area contributed by atoms with E-state index in [0.717, 1.165) is 0 Å². The number of hydrogen-bond donors (Lipinski definition) is 3. The van der Waals surface area contributed by atoms with Gasteiger partial charge in [-0.3, -0.25) is 4.79 Å². The van der Waals surface area contributed by atoms with E-state index in [9.17, 15) is 22.4 Å². The van der Waals surface area contributed by atoms with Crippen molar-refractivity contribution in [3.63, 3.8) is 0 Å². The van der Waals surface area contributed by atoms with Crippen LogP contribution in [0.5, 0.6) is 0 Å². The molecule has 0 spiro atoms. The smallest absolute Gasteiger partial charge is 0.315 e. The van der Waals surface area contributed by atoms with Crippen LogP contribution in [0.25, 0.3) is 0 Å². The number of nitrogens with one attached hydrogen (secondary N) is 3. The van der Waals surface area contributed by atoms with Crippen LogP contribution >= 0.6 is 0 Å². The molecule has 3 atom stereocenters. The van der Waals surface area contributed by atoms with E-state index in [0.29, 0.717) is 24.9 Å². The molecule has 25 heavy (non-hydrogen) atoms. The maximum Gasteiger partial charge on any atom is 0.315 e. The fourth-order valence-electron chi connectivity index (χ4n) is 3.43. The van der Waals surface area contributed by atoms with Crippen molar-refractivity contribution >= 4 is 27.5 Å². The highest BCUT2D eigenvalue weighted by molar-refractivity contribution is 7.92. The molecule has 9 heteroatoms. The number of urea groups is 1. The van der Waals surface area contributed by atoms with Crippen LogP contribution in [0.4, 0.5) is 14.9 Å². The van der Waals surface area contributed by atoms with Gasteiger partial charge < -0.3 is 16.0 Å². The van der Waals surface area contributed by atoms with E-state index in [1.165, 1.54) is 18.2 Å². The van der Waals surface area contributed by atoms with Crippen LogP contribution in [0.2, 0.25) is 0 Å². The predicted molar refractivity (Wildman–Crippen MR) is 90.3 cm³/mol. The van der Waals surface area contributed by atoms with E-state index >= 15 is 0 Å². The molecule has 2 aliphatic heterocycles. The van der Waals surface area contributed by atoms with Crippen LogP contribution in [0, 0.1) is 5.82 Å². The Labute approximate surface area is 145 Å². The minimum Gasteiger partial charge on any atom is -0.332 e. The monoisotopic (exact) mass is 369 g/mol. The number of halogens is 1. The summed E-state index contributed by atoms with van der Waals surface area (Å²) in [6.07, 6.45) is 1.70. The number of anilines is 1. The number of fused-ring (bicyclic) bond motifs is 1. The highest BCUT2D eigenvalue weighted by Crippen LogP contribution is 2.28. The van der Waals surface area contributed by atoms with Crippen LogP contribution in [0.15, 0.2) is 24.3 Å². The second-order valence-corrected chi connectivity index (χ2v) is 8.69. The second kappa shape index (κ2) is 6.99. The number of unbranched alkanes of at least 4 members (excludes halogenated alkanes) is 1. The first-order chi connectivity index (χ1) is 11.8. The van der Waals surface area contributed by atoms with Gasteiger partial charge in [-0.2, -0.15) is 0 Å². The highest BCUT2D eigenvalue weighted by atomic mass is 32.2. The van der Waals surface area contributed by atoms with Gasteiger partial charge in [0.1, 0.15) is 5.82 Å². The molecule has 1 aromatic carbocycles. The van der Waals surface area contributed by atoms with Gasteiger partial charge >= 0.3 is 6.03 Å². The topological polar surface area (TPSA) is 104 Å². The van der Waals surface area contributed by atoms with Crippen molar-refractivity contribution in [1.82, 2.24) is 10.6 Å². The van der Waals surface area contributed by atoms with E-state index in [4.69, 9.17) is 0 Å². The quantitative estimate of drug-likeness (QED) is 0.517. The van der Waals surface area contributed by atoms with E-state index in [1.54, 1.807) is 6.07 Å². The molecule has 136 valence electrons. The number of amides is 3. The average Bonchev–Trinajstić information content (AvgIpc) is 2.96. The maximum absolute atomic E-state index is 13.1. The zero-order valence-corrected chi connectivity index (χ0v) is 14.3. The molecule has 2 aliphatic rings. The van der Waals surface area contributed by atoms with Crippen LogP contribution in [0.3, 0.4) is 0 Å². The molecule has 2 heterocycles. The zero-order chi connectivity index (χ0) is 18.0. The summed E-state index contributed by atoms with van der Waals surface area (Å²) in [6, 6.07) is 4.56. The molecule has 0 unspecified atom stereocenters. The molecule has 3 rings (SSSR count). The normalized spacial score (nSPS) is 26.6. The van der Waals surface area contributed by atoms with Crippen LogP contribution in [0.1, 0.15) is 25.7 Å². The number of sulfone groups is 1. The molecule has 0 aliphatic carbocycles. The number of carbonyl (C=O) groups excluding carboxylic acids is 2. The van der Waals surface area contributed by atoms with Crippen molar-refractivity contribution in [3.05, 3.63) is 30.1 Å². The van der Waals surface area contributed by atoms with E-state index < -0.39 is 26.9 Å². The van der Waals surface area contributed by atoms with E-state index in [-0.39, 0.29) is 30.2 Å². The number of rotatable bonds is 6. The van der Waals surface area contributed by atoms with Crippen molar-refractivity contribution in [2.75, 3.05) is 11.1 Å². The van der Waals surface area contributed by atoms with Gasteiger partial charge in [-0.15, -0.1) is 0 Å². The zero-order valence-electron chi connectivity index (χ0n) is 13.5. The van der Waals surface area contributed by atoms with Crippen molar-refractivity contribution in [3.8, 4) is 0 Å². The Balaban J connectivity index is 1.45. The van der Waals surface area contributed by atoms with Crippen molar-refractivity contribution in [1.29, 1.82) is 0 Å². The second-order valence-electron chi connectivity index (χ2n) is 6.42. The molecule has 3 N–H and O–H groups in total. The molecular formula is C16H20FN3O4S. The Bertz CT molecular complexity index is 783. The Morgan fingerprint density at radius 3 is 2.84 bits per heavy atom. The summed E-state index contributed by atoms with van der Waals surface area (Å²) < 4.78 is 37.4. The lowest BCUT2D eigenvalue weighted by molar-refractivity contribution is -0.116. The third-order valence-electron chi connectivity index (χ3n) is 4.57. The molecule has 0 aromatic heterocycles. The summed E-state index contributed by atoms with van der Waals surface area (Å²) in [5, 5.41) is 7.28. The summed E-state index contributed by atoms with van der Waals surface area (Å²) >= 11 is 0. The lowest BCUT2D eigenvalue weighted by atomic mass is 10.0. The summed E-state index contributed by atoms with van der Waals surface area (Å²) in [5.74, 6) is -0.708. The van der Waals surface area contributed by atoms with Gasteiger partial charge in [0.2, 0.25) is 5.91 Å². The number of carbonyl (C=O) groups is 2. The maximum atomic E-state index is 13.1. The molecule has 2 saturated heterocycles. The number of benzene rings is 1. The minimum absolute atomic E-state index is 0.0405. The Kier molecular flexibility index (Phi) is 4.94. The average molecular weight is 369 g/mol. The van der Waals surface area contributed by atoms with Gasteiger partial charge in [0, 0.05) is 12.1 Å². The van der Waals surface area contributed by atoms with Crippen LogP contribution < -0.4 is 16.0 Å². The first-order valence-corrected chi connectivity index (χ1v) is 9.91. The van der Waals surface area contributed by atoms with Crippen molar-refractivity contribution < 1.29 is 22.4 Å². The summed E-state index contributed by atoms with van der Waals surface area (Å²) in [5.41, 5.74) is 0.394. The fraction of sp³-hybridized carbons (Fsp3) is 0.500.